The van der Waals surface area contributed by atoms with E-state index in [-0.39, 0.29) is 14.9 Å². The largest absolute Gasteiger partial charge is 0.0776 e. The van der Waals surface area contributed by atoms with Crippen LogP contribution in [0, 0.1) is 6.92 Å². The van der Waals surface area contributed by atoms with Gasteiger partial charge in [0.2, 0.25) is 0 Å². The highest BCUT2D eigenvalue weighted by molar-refractivity contribution is 5.63. The van der Waals surface area contributed by atoms with Crippen molar-refractivity contribution < 1.29 is 0 Å². The van der Waals surface area contributed by atoms with Gasteiger partial charge in [0, 0.05) is 0 Å². The Morgan fingerprint density at radius 3 is 1.60 bits per heavy atom. The average Bonchev–Trinajstić information content (AvgIpc) is 2.20. The van der Waals surface area contributed by atoms with Crippen LogP contribution in [0.1, 0.15) is 20.4 Å². The van der Waals surface area contributed by atoms with Gasteiger partial charge in [0.05, 0.1) is 0 Å². The molecule has 0 saturated heterocycles. The van der Waals surface area contributed by atoms with Crippen molar-refractivity contribution in [2.45, 2.75) is 21.8 Å². The summed E-state index contributed by atoms with van der Waals surface area (Å²) < 4.78 is 0. The number of hydrogen-bond donors (Lipinski definition) is 0. The Labute approximate surface area is 93.6 Å². The molecule has 0 saturated carbocycles. The molecule has 0 aromatic heterocycles. The molecular formula is C15H20. The molecule has 0 fully saturated rings. The maximum Gasteiger partial charge on any atom is -0.0184 e. The molecule has 15 heavy (non-hydrogen) atoms. The van der Waals surface area contributed by atoms with Crippen LogP contribution in [0.2, 0.25) is 0 Å². The normalized spacial score (nSPS) is 8.60. The van der Waals surface area contributed by atoms with Gasteiger partial charge in [0.1, 0.15) is 0 Å². The van der Waals surface area contributed by atoms with Crippen molar-refractivity contribution in [3.63, 3.8) is 0 Å². The van der Waals surface area contributed by atoms with Crippen molar-refractivity contribution in [2.24, 2.45) is 0 Å². The first kappa shape index (κ1) is 13.4. The molecule has 0 amide bonds. The number of rotatable bonds is 1. The summed E-state index contributed by atoms with van der Waals surface area (Å²) in [6.07, 6.45) is 0. The minimum atomic E-state index is 0. The van der Waals surface area contributed by atoms with Gasteiger partial charge in [0.15, 0.2) is 0 Å². The zero-order chi connectivity index (χ0) is 9.10. The van der Waals surface area contributed by atoms with E-state index in [1.165, 1.54) is 16.7 Å². The fourth-order valence-corrected chi connectivity index (χ4v) is 1.38. The molecular weight excluding hydrogens is 180 g/mol. The third-order valence-electron chi connectivity index (χ3n) is 2.16. The van der Waals surface area contributed by atoms with E-state index >= 15 is 0 Å². The van der Waals surface area contributed by atoms with E-state index in [4.69, 9.17) is 0 Å². The lowest BCUT2D eigenvalue weighted by molar-refractivity contribution is 1.47. The van der Waals surface area contributed by atoms with E-state index in [2.05, 4.69) is 55.5 Å². The van der Waals surface area contributed by atoms with E-state index in [9.17, 15) is 0 Å². The number of benzene rings is 2. The third-order valence-corrected chi connectivity index (χ3v) is 2.16. The molecule has 80 valence electrons. The summed E-state index contributed by atoms with van der Waals surface area (Å²) in [5.41, 5.74) is 3.87. The first-order valence-corrected chi connectivity index (χ1v) is 4.48. The Hall–Kier alpha value is -1.56. The van der Waals surface area contributed by atoms with Crippen LogP contribution < -0.4 is 0 Å². The Morgan fingerprint density at radius 1 is 0.600 bits per heavy atom. The third kappa shape index (κ3) is 3.25. The van der Waals surface area contributed by atoms with Gasteiger partial charge in [-0.05, 0) is 18.1 Å². The highest BCUT2D eigenvalue weighted by Crippen LogP contribution is 2.18. The van der Waals surface area contributed by atoms with Crippen molar-refractivity contribution in [1.29, 1.82) is 0 Å². The predicted octanol–water partition coefficient (Wildman–Crippen LogP) is 4.93. The Bertz CT molecular complexity index is 371. The molecule has 2 rings (SSSR count). The molecule has 2 aromatic carbocycles. The van der Waals surface area contributed by atoms with Crippen LogP contribution in [0.25, 0.3) is 11.1 Å². The highest BCUT2D eigenvalue weighted by Gasteiger charge is 1.93. The van der Waals surface area contributed by atoms with Gasteiger partial charge < -0.3 is 0 Å². The van der Waals surface area contributed by atoms with Gasteiger partial charge in [-0.3, -0.25) is 0 Å². The van der Waals surface area contributed by atoms with E-state index in [1.54, 1.807) is 0 Å². The van der Waals surface area contributed by atoms with Gasteiger partial charge in [-0.1, -0.05) is 75.0 Å². The SMILES string of the molecule is C.C.Cc1ccc(-c2ccccc2)cc1. The summed E-state index contributed by atoms with van der Waals surface area (Å²) in [5, 5.41) is 0. The summed E-state index contributed by atoms with van der Waals surface area (Å²) in [6.45, 7) is 2.11. The van der Waals surface area contributed by atoms with Gasteiger partial charge >= 0.3 is 0 Å². The first-order chi connectivity index (χ1) is 6.36. The maximum atomic E-state index is 2.16. The molecule has 0 spiro atoms. The molecule has 0 aliphatic carbocycles. The van der Waals surface area contributed by atoms with Gasteiger partial charge in [-0.15, -0.1) is 0 Å². The van der Waals surface area contributed by atoms with Crippen molar-refractivity contribution in [1.82, 2.24) is 0 Å². The van der Waals surface area contributed by atoms with E-state index < -0.39 is 0 Å². The molecule has 0 radical (unpaired) electrons. The second-order valence-corrected chi connectivity index (χ2v) is 3.23. The van der Waals surface area contributed by atoms with Gasteiger partial charge in [-0.2, -0.15) is 0 Å². The quantitative estimate of drug-likeness (QED) is 0.612. The van der Waals surface area contributed by atoms with Crippen LogP contribution in [0.15, 0.2) is 54.6 Å². The molecule has 0 atom stereocenters. The Kier molecular flexibility index (Phi) is 5.40. The van der Waals surface area contributed by atoms with Crippen molar-refractivity contribution in [3.8, 4) is 11.1 Å². The van der Waals surface area contributed by atoms with Crippen LogP contribution in [0.3, 0.4) is 0 Å². The number of aryl methyl sites for hydroxylation is 1. The van der Waals surface area contributed by atoms with Crippen LogP contribution in [-0.4, -0.2) is 0 Å². The van der Waals surface area contributed by atoms with Gasteiger partial charge in [-0.25, -0.2) is 0 Å². The van der Waals surface area contributed by atoms with Crippen molar-refractivity contribution in [3.05, 3.63) is 60.2 Å². The molecule has 0 unspecified atom stereocenters. The molecule has 0 aliphatic rings. The van der Waals surface area contributed by atoms with E-state index in [1.807, 2.05) is 6.07 Å². The standard InChI is InChI=1S/C13H12.2CH4/c1-11-7-9-13(10-8-11)12-5-3-2-4-6-12;;/h2-10H,1H3;2*1H4. The Balaban J connectivity index is 0.000000980. The summed E-state index contributed by atoms with van der Waals surface area (Å²) in [6, 6.07) is 19.0. The minimum Gasteiger partial charge on any atom is -0.0776 e. The van der Waals surface area contributed by atoms with E-state index in [0.717, 1.165) is 0 Å². The van der Waals surface area contributed by atoms with Crippen LogP contribution in [0.5, 0.6) is 0 Å². The number of hydrogen-bond acceptors (Lipinski definition) is 0. The summed E-state index contributed by atoms with van der Waals surface area (Å²) in [7, 11) is 0. The van der Waals surface area contributed by atoms with Crippen LogP contribution in [-0.2, 0) is 0 Å². The first-order valence-electron chi connectivity index (χ1n) is 4.48. The van der Waals surface area contributed by atoms with Crippen molar-refractivity contribution in [2.75, 3.05) is 0 Å². The lowest BCUT2D eigenvalue weighted by atomic mass is 10.0. The molecule has 0 heteroatoms. The van der Waals surface area contributed by atoms with Gasteiger partial charge in [0.25, 0.3) is 0 Å². The second kappa shape index (κ2) is 6.02. The lowest BCUT2D eigenvalue weighted by Crippen LogP contribution is -1.76. The molecule has 0 aliphatic heterocycles. The molecule has 0 nitrogen and oxygen atoms in total. The van der Waals surface area contributed by atoms with Crippen LogP contribution in [0.4, 0.5) is 0 Å². The molecule has 0 heterocycles. The fraction of sp³-hybridized carbons (Fsp3) is 0.200. The summed E-state index contributed by atoms with van der Waals surface area (Å²) in [4.78, 5) is 0. The highest BCUT2D eigenvalue weighted by atomic mass is 14.0. The zero-order valence-electron chi connectivity index (χ0n) is 7.70. The summed E-state index contributed by atoms with van der Waals surface area (Å²) in [5.74, 6) is 0. The molecule has 2 aromatic rings. The second-order valence-electron chi connectivity index (χ2n) is 3.23. The monoisotopic (exact) mass is 200 g/mol. The van der Waals surface area contributed by atoms with E-state index in [0.29, 0.717) is 0 Å². The smallest absolute Gasteiger partial charge is 0.0184 e. The molecule has 0 bridgehead atoms. The van der Waals surface area contributed by atoms with Crippen LogP contribution >= 0.6 is 0 Å². The topological polar surface area (TPSA) is 0 Å². The van der Waals surface area contributed by atoms with Crippen molar-refractivity contribution >= 4 is 0 Å². The minimum absolute atomic E-state index is 0. The maximum absolute atomic E-state index is 2.16. The fourth-order valence-electron chi connectivity index (χ4n) is 1.38. The summed E-state index contributed by atoms with van der Waals surface area (Å²) >= 11 is 0. The zero-order valence-corrected chi connectivity index (χ0v) is 7.70. The average molecular weight is 200 g/mol. The predicted molar refractivity (Wildman–Crippen MR) is 70.1 cm³/mol. The Morgan fingerprint density at radius 2 is 1.07 bits per heavy atom. The molecule has 0 N–H and O–H groups in total. The lowest BCUT2D eigenvalue weighted by Gasteiger charge is -2.00.